The van der Waals surface area contributed by atoms with Crippen molar-refractivity contribution < 1.29 is 9.31 Å². The van der Waals surface area contributed by atoms with Crippen molar-refractivity contribution >= 4 is 11.4 Å². The van der Waals surface area contributed by atoms with E-state index in [1.807, 2.05) is 11.8 Å². The Morgan fingerprint density at radius 3 is 2.95 bits per heavy atom. The normalized spacial score (nSPS) is 26.6. The predicted octanol–water partition coefficient (Wildman–Crippen LogP) is 2.41. The molecule has 3 rings (SSSR count). The standard InChI is InChI=1S/C14H18FN3O2/c1-10-8-16-7-3-4-11(16)9-17(10)13-6-2-5-12(15)14(13)18(19)20/h2,5-6,10-11H,3-4,7-9H2,1H3. The van der Waals surface area contributed by atoms with Gasteiger partial charge in [-0.05, 0) is 38.4 Å². The maximum Gasteiger partial charge on any atom is 0.327 e. The first kappa shape index (κ1) is 13.3. The second-order valence-electron chi connectivity index (χ2n) is 5.66. The van der Waals surface area contributed by atoms with Gasteiger partial charge in [-0.1, -0.05) is 6.07 Å². The van der Waals surface area contributed by atoms with Crippen LogP contribution in [0.15, 0.2) is 18.2 Å². The summed E-state index contributed by atoms with van der Waals surface area (Å²) in [5, 5.41) is 11.1. The Morgan fingerprint density at radius 2 is 2.20 bits per heavy atom. The smallest absolute Gasteiger partial charge is 0.327 e. The topological polar surface area (TPSA) is 49.6 Å². The highest BCUT2D eigenvalue weighted by Crippen LogP contribution is 2.35. The molecule has 2 aliphatic heterocycles. The lowest BCUT2D eigenvalue weighted by Gasteiger charge is -2.43. The van der Waals surface area contributed by atoms with Gasteiger partial charge < -0.3 is 4.90 Å². The van der Waals surface area contributed by atoms with Crippen LogP contribution in [0.5, 0.6) is 0 Å². The van der Waals surface area contributed by atoms with Crippen molar-refractivity contribution in [2.75, 3.05) is 24.5 Å². The Labute approximate surface area is 117 Å². The highest BCUT2D eigenvalue weighted by molar-refractivity contribution is 5.64. The van der Waals surface area contributed by atoms with E-state index in [0.29, 0.717) is 11.7 Å². The molecule has 2 atom stereocenters. The Bertz CT molecular complexity index is 537. The molecule has 1 aromatic rings. The SMILES string of the molecule is CC1CN2CCCC2CN1c1cccc(F)c1[N+](=O)[O-]. The Morgan fingerprint density at radius 1 is 1.40 bits per heavy atom. The van der Waals surface area contributed by atoms with Crippen LogP contribution in [0.1, 0.15) is 19.8 Å². The lowest BCUT2D eigenvalue weighted by Crippen LogP contribution is -2.55. The third-order valence-corrected chi connectivity index (χ3v) is 4.39. The number of piperazine rings is 1. The molecule has 0 amide bonds. The first-order valence-corrected chi connectivity index (χ1v) is 7.01. The van der Waals surface area contributed by atoms with Crippen molar-refractivity contribution in [3.63, 3.8) is 0 Å². The Balaban J connectivity index is 1.96. The highest BCUT2D eigenvalue weighted by atomic mass is 19.1. The molecule has 2 aliphatic rings. The lowest BCUT2D eigenvalue weighted by molar-refractivity contribution is -0.386. The van der Waals surface area contributed by atoms with Crippen molar-refractivity contribution in [1.29, 1.82) is 0 Å². The Kier molecular flexibility index (Phi) is 3.33. The molecular weight excluding hydrogens is 261 g/mol. The van der Waals surface area contributed by atoms with Crippen LogP contribution in [0.2, 0.25) is 0 Å². The molecule has 1 aromatic carbocycles. The summed E-state index contributed by atoms with van der Waals surface area (Å²) in [6.45, 7) is 4.78. The average molecular weight is 279 g/mol. The molecule has 2 unspecified atom stereocenters. The van der Waals surface area contributed by atoms with E-state index in [4.69, 9.17) is 0 Å². The summed E-state index contributed by atoms with van der Waals surface area (Å²) in [7, 11) is 0. The van der Waals surface area contributed by atoms with Gasteiger partial charge in [0.1, 0.15) is 5.69 Å². The van der Waals surface area contributed by atoms with Crippen LogP contribution in [0.3, 0.4) is 0 Å². The van der Waals surface area contributed by atoms with Crippen LogP contribution < -0.4 is 4.90 Å². The third-order valence-electron chi connectivity index (χ3n) is 4.39. The number of halogens is 1. The molecule has 0 spiro atoms. The van der Waals surface area contributed by atoms with Gasteiger partial charge in [0.2, 0.25) is 5.82 Å². The quantitative estimate of drug-likeness (QED) is 0.616. The molecule has 5 nitrogen and oxygen atoms in total. The summed E-state index contributed by atoms with van der Waals surface area (Å²) < 4.78 is 13.8. The minimum absolute atomic E-state index is 0.157. The summed E-state index contributed by atoms with van der Waals surface area (Å²) in [6.07, 6.45) is 2.29. The van der Waals surface area contributed by atoms with Crippen molar-refractivity contribution in [2.24, 2.45) is 0 Å². The van der Waals surface area contributed by atoms with Crippen LogP contribution in [0, 0.1) is 15.9 Å². The highest BCUT2D eigenvalue weighted by Gasteiger charge is 2.37. The predicted molar refractivity (Wildman–Crippen MR) is 74.5 cm³/mol. The number of hydrogen-bond donors (Lipinski definition) is 0. The van der Waals surface area contributed by atoms with Crippen molar-refractivity contribution in [1.82, 2.24) is 4.90 Å². The molecule has 0 aliphatic carbocycles. The summed E-state index contributed by atoms with van der Waals surface area (Å²) >= 11 is 0. The van der Waals surface area contributed by atoms with E-state index >= 15 is 0 Å². The first-order chi connectivity index (χ1) is 9.58. The van der Waals surface area contributed by atoms with Gasteiger partial charge in [-0.15, -0.1) is 0 Å². The average Bonchev–Trinajstić information content (AvgIpc) is 2.84. The Hall–Kier alpha value is -1.69. The number of para-hydroxylation sites is 1. The van der Waals surface area contributed by atoms with Gasteiger partial charge in [0, 0.05) is 25.2 Å². The molecule has 2 fully saturated rings. The fourth-order valence-corrected chi connectivity index (χ4v) is 3.44. The fraction of sp³-hybridized carbons (Fsp3) is 0.571. The number of rotatable bonds is 2. The molecule has 2 heterocycles. The molecule has 20 heavy (non-hydrogen) atoms. The second kappa shape index (κ2) is 5.01. The largest absolute Gasteiger partial charge is 0.360 e. The number of benzene rings is 1. The van der Waals surface area contributed by atoms with Crippen LogP contribution in [0.25, 0.3) is 0 Å². The molecule has 0 saturated carbocycles. The monoisotopic (exact) mass is 279 g/mol. The van der Waals surface area contributed by atoms with E-state index < -0.39 is 16.4 Å². The summed E-state index contributed by atoms with van der Waals surface area (Å²) in [5.41, 5.74) is 0.0137. The van der Waals surface area contributed by atoms with Gasteiger partial charge in [0.15, 0.2) is 0 Å². The van der Waals surface area contributed by atoms with E-state index in [-0.39, 0.29) is 6.04 Å². The van der Waals surface area contributed by atoms with Gasteiger partial charge in [-0.25, -0.2) is 0 Å². The lowest BCUT2D eigenvalue weighted by atomic mass is 10.1. The van der Waals surface area contributed by atoms with Gasteiger partial charge in [0.05, 0.1) is 4.92 Å². The van der Waals surface area contributed by atoms with Gasteiger partial charge >= 0.3 is 5.69 Å². The molecule has 0 N–H and O–H groups in total. The first-order valence-electron chi connectivity index (χ1n) is 7.01. The third kappa shape index (κ3) is 2.14. The maximum absolute atomic E-state index is 13.8. The number of nitro benzene ring substituents is 1. The minimum Gasteiger partial charge on any atom is -0.360 e. The van der Waals surface area contributed by atoms with Gasteiger partial charge in [-0.2, -0.15) is 4.39 Å². The van der Waals surface area contributed by atoms with E-state index in [2.05, 4.69) is 4.90 Å². The number of anilines is 1. The number of nitro groups is 1. The second-order valence-corrected chi connectivity index (χ2v) is 5.66. The van der Waals surface area contributed by atoms with E-state index in [1.165, 1.54) is 6.42 Å². The number of nitrogens with zero attached hydrogens (tertiary/aromatic N) is 3. The molecule has 108 valence electrons. The zero-order valence-corrected chi connectivity index (χ0v) is 11.5. The summed E-state index contributed by atoms with van der Waals surface area (Å²) in [6, 6.07) is 4.95. The zero-order valence-electron chi connectivity index (χ0n) is 11.5. The fourth-order valence-electron chi connectivity index (χ4n) is 3.44. The van der Waals surface area contributed by atoms with Crippen LogP contribution in [0.4, 0.5) is 15.8 Å². The molecule has 0 bridgehead atoms. The summed E-state index contributed by atoms with van der Waals surface area (Å²) in [4.78, 5) is 15.0. The van der Waals surface area contributed by atoms with E-state index in [9.17, 15) is 14.5 Å². The van der Waals surface area contributed by atoms with Crippen LogP contribution in [-0.4, -0.2) is 41.5 Å². The van der Waals surface area contributed by atoms with E-state index in [0.717, 1.165) is 32.1 Å². The van der Waals surface area contributed by atoms with Crippen molar-refractivity contribution in [2.45, 2.75) is 31.8 Å². The van der Waals surface area contributed by atoms with Crippen LogP contribution >= 0.6 is 0 Å². The van der Waals surface area contributed by atoms with Crippen molar-refractivity contribution in [3.8, 4) is 0 Å². The molecule has 6 heteroatoms. The molecule has 0 aromatic heterocycles. The molecule has 2 saturated heterocycles. The van der Waals surface area contributed by atoms with Gasteiger partial charge in [-0.3, -0.25) is 15.0 Å². The maximum atomic E-state index is 13.8. The molecule has 0 radical (unpaired) electrons. The minimum atomic E-state index is -0.756. The number of hydrogen-bond acceptors (Lipinski definition) is 4. The van der Waals surface area contributed by atoms with Gasteiger partial charge in [0.25, 0.3) is 0 Å². The van der Waals surface area contributed by atoms with Crippen LogP contribution in [-0.2, 0) is 0 Å². The summed E-state index contributed by atoms with van der Waals surface area (Å²) in [5.74, 6) is -0.756. The van der Waals surface area contributed by atoms with E-state index in [1.54, 1.807) is 12.1 Å². The number of fused-ring (bicyclic) bond motifs is 1. The van der Waals surface area contributed by atoms with Crippen molar-refractivity contribution in [3.05, 3.63) is 34.1 Å². The zero-order chi connectivity index (χ0) is 14.3. The molecular formula is C14H18FN3O2.